The van der Waals surface area contributed by atoms with E-state index in [1.807, 2.05) is 24.4 Å². The van der Waals surface area contributed by atoms with Crippen LogP contribution in [0, 0.1) is 0 Å². The molecule has 0 bridgehead atoms. The van der Waals surface area contributed by atoms with Gasteiger partial charge in [0.1, 0.15) is 0 Å². The highest BCUT2D eigenvalue weighted by molar-refractivity contribution is 7.10. The number of esters is 1. The zero-order chi connectivity index (χ0) is 15.7. The molecule has 0 aromatic carbocycles. The molecule has 0 atom stereocenters. The normalized spacial score (nSPS) is 21.3. The molecule has 1 aromatic rings. The summed E-state index contributed by atoms with van der Waals surface area (Å²) in [5.41, 5.74) is 1.60. The third-order valence-corrected chi connectivity index (χ3v) is 5.17. The van der Waals surface area contributed by atoms with Crippen molar-refractivity contribution in [2.75, 3.05) is 7.11 Å². The monoisotopic (exact) mass is 317 g/mol. The summed E-state index contributed by atoms with van der Waals surface area (Å²) in [4.78, 5) is 27.8. The van der Waals surface area contributed by atoms with E-state index in [-0.39, 0.29) is 11.9 Å². The lowest BCUT2D eigenvalue weighted by Crippen LogP contribution is -2.34. The van der Waals surface area contributed by atoms with Gasteiger partial charge in [0.15, 0.2) is 0 Å². The van der Waals surface area contributed by atoms with Crippen molar-refractivity contribution < 1.29 is 14.3 Å². The van der Waals surface area contributed by atoms with Gasteiger partial charge in [0.25, 0.3) is 5.91 Å². The number of rotatable bonds is 3. The van der Waals surface area contributed by atoms with E-state index in [1.54, 1.807) is 22.3 Å². The van der Waals surface area contributed by atoms with Gasteiger partial charge in [-0.25, -0.2) is 4.79 Å². The molecule has 0 radical (unpaired) electrons. The number of ether oxygens (including phenoxy) is 1. The lowest BCUT2D eigenvalue weighted by molar-refractivity contribution is -0.136. The zero-order valence-corrected chi connectivity index (χ0v) is 13.6. The lowest BCUT2D eigenvalue weighted by atomic mass is 10.1. The fraction of sp³-hybridized carbons (Fsp3) is 0.412. The van der Waals surface area contributed by atoms with Gasteiger partial charge in [0.05, 0.1) is 18.3 Å². The van der Waals surface area contributed by atoms with Gasteiger partial charge < -0.3 is 9.64 Å². The third-order valence-electron chi connectivity index (χ3n) is 4.35. The minimum Gasteiger partial charge on any atom is -0.465 e. The quantitative estimate of drug-likeness (QED) is 0.634. The van der Waals surface area contributed by atoms with E-state index < -0.39 is 5.97 Å². The van der Waals surface area contributed by atoms with Crippen LogP contribution in [0.5, 0.6) is 0 Å². The highest BCUT2D eigenvalue weighted by Crippen LogP contribution is 2.37. The van der Waals surface area contributed by atoms with Gasteiger partial charge in [-0.2, -0.15) is 0 Å². The van der Waals surface area contributed by atoms with Gasteiger partial charge in [-0.1, -0.05) is 18.9 Å². The molecular formula is C17H19NO3S. The van der Waals surface area contributed by atoms with Gasteiger partial charge in [-0.05, 0) is 37.3 Å². The van der Waals surface area contributed by atoms with E-state index in [4.69, 9.17) is 4.74 Å². The molecule has 1 aliphatic carbocycles. The maximum absolute atomic E-state index is 12.9. The standard InChI is InChI=1S/C17H19NO3S/c1-11-15(17(20)21-2)14(10-13-8-5-9-22-13)16(19)18(11)12-6-3-4-7-12/h5,8-10,12H,3-4,6-7H2,1-2H3/b14-10-. The van der Waals surface area contributed by atoms with Crippen LogP contribution < -0.4 is 0 Å². The van der Waals surface area contributed by atoms with Crippen molar-refractivity contribution in [1.82, 2.24) is 4.90 Å². The Hall–Kier alpha value is -1.88. The summed E-state index contributed by atoms with van der Waals surface area (Å²) < 4.78 is 4.90. The average Bonchev–Trinajstić information content (AvgIpc) is 3.22. The molecule has 2 aliphatic rings. The summed E-state index contributed by atoms with van der Waals surface area (Å²) in [6.07, 6.45) is 6.09. The number of carbonyl (C=O) groups is 2. The van der Waals surface area contributed by atoms with Crippen molar-refractivity contribution in [2.24, 2.45) is 0 Å². The summed E-state index contributed by atoms with van der Waals surface area (Å²) in [5, 5.41) is 1.95. The van der Waals surface area contributed by atoms with Crippen LogP contribution in [-0.4, -0.2) is 29.9 Å². The lowest BCUT2D eigenvalue weighted by Gasteiger charge is -2.25. The molecule has 0 saturated heterocycles. The summed E-state index contributed by atoms with van der Waals surface area (Å²) in [6, 6.07) is 4.08. The Bertz CT molecular complexity index is 651. The van der Waals surface area contributed by atoms with E-state index in [9.17, 15) is 9.59 Å². The molecule has 1 aromatic heterocycles. The number of methoxy groups -OCH3 is 1. The molecule has 0 unspecified atom stereocenters. The number of hydrogen-bond acceptors (Lipinski definition) is 4. The number of hydrogen-bond donors (Lipinski definition) is 0. The fourth-order valence-corrected chi connectivity index (χ4v) is 3.97. The molecule has 1 aliphatic heterocycles. The van der Waals surface area contributed by atoms with E-state index in [2.05, 4.69) is 0 Å². The second-order valence-corrected chi connectivity index (χ2v) is 6.62. The van der Waals surface area contributed by atoms with Gasteiger partial charge >= 0.3 is 5.97 Å². The van der Waals surface area contributed by atoms with Gasteiger partial charge in [0.2, 0.25) is 0 Å². The molecule has 4 nitrogen and oxygen atoms in total. The molecule has 22 heavy (non-hydrogen) atoms. The predicted octanol–water partition coefficient (Wildman–Crippen LogP) is 3.36. The van der Waals surface area contributed by atoms with Crippen molar-refractivity contribution in [3.63, 3.8) is 0 Å². The smallest absolute Gasteiger partial charge is 0.340 e. The highest BCUT2D eigenvalue weighted by Gasteiger charge is 2.41. The van der Waals surface area contributed by atoms with Gasteiger partial charge in [-0.15, -0.1) is 11.3 Å². The topological polar surface area (TPSA) is 46.6 Å². The molecule has 0 spiro atoms. The second kappa shape index (κ2) is 6.08. The van der Waals surface area contributed by atoms with Gasteiger partial charge in [-0.3, -0.25) is 4.79 Å². The Balaban J connectivity index is 2.05. The minimum absolute atomic E-state index is 0.0711. The summed E-state index contributed by atoms with van der Waals surface area (Å²) in [5.74, 6) is -0.507. The first-order valence-electron chi connectivity index (χ1n) is 7.52. The van der Waals surface area contributed by atoms with E-state index in [0.29, 0.717) is 11.1 Å². The maximum Gasteiger partial charge on any atom is 0.340 e. The number of carbonyl (C=O) groups excluding carboxylic acids is 2. The number of allylic oxidation sites excluding steroid dienone is 1. The Kier molecular flexibility index (Phi) is 4.16. The largest absolute Gasteiger partial charge is 0.465 e. The van der Waals surface area contributed by atoms with Crippen LogP contribution in [-0.2, 0) is 14.3 Å². The minimum atomic E-state index is -0.436. The molecule has 5 heteroatoms. The van der Waals surface area contributed by atoms with E-state index >= 15 is 0 Å². The van der Waals surface area contributed by atoms with Crippen molar-refractivity contribution >= 4 is 29.3 Å². The van der Waals surface area contributed by atoms with E-state index in [0.717, 1.165) is 36.3 Å². The van der Waals surface area contributed by atoms with Crippen LogP contribution in [0.2, 0.25) is 0 Å². The van der Waals surface area contributed by atoms with Crippen molar-refractivity contribution in [3.8, 4) is 0 Å². The third kappa shape index (κ3) is 2.50. The molecule has 2 heterocycles. The second-order valence-electron chi connectivity index (χ2n) is 5.64. The maximum atomic E-state index is 12.9. The van der Waals surface area contributed by atoms with E-state index in [1.165, 1.54) is 7.11 Å². The van der Waals surface area contributed by atoms with Crippen LogP contribution in [0.4, 0.5) is 0 Å². The predicted molar refractivity (Wildman–Crippen MR) is 86.1 cm³/mol. The summed E-state index contributed by atoms with van der Waals surface area (Å²) in [7, 11) is 1.36. The van der Waals surface area contributed by atoms with Crippen LogP contribution in [0.15, 0.2) is 34.4 Å². The highest BCUT2D eigenvalue weighted by atomic mass is 32.1. The first kappa shape index (κ1) is 15.0. The molecular weight excluding hydrogens is 298 g/mol. The van der Waals surface area contributed by atoms with Gasteiger partial charge in [0, 0.05) is 16.6 Å². The molecule has 116 valence electrons. The number of nitrogens with zero attached hydrogens (tertiary/aromatic N) is 1. The Labute approximate surface area is 134 Å². The average molecular weight is 317 g/mol. The number of amides is 1. The Morgan fingerprint density at radius 1 is 1.41 bits per heavy atom. The van der Waals surface area contributed by atoms with Crippen LogP contribution >= 0.6 is 11.3 Å². The molecule has 1 fully saturated rings. The Morgan fingerprint density at radius 3 is 2.73 bits per heavy atom. The first-order valence-corrected chi connectivity index (χ1v) is 8.39. The number of thiophene rings is 1. The SMILES string of the molecule is COC(=O)C1=C(C)N(C2CCCC2)C(=O)/C1=C\c1cccs1. The zero-order valence-electron chi connectivity index (χ0n) is 12.8. The van der Waals surface area contributed by atoms with Crippen molar-refractivity contribution in [1.29, 1.82) is 0 Å². The molecule has 3 rings (SSSR count). The molecule has 0 N–H and O–H groups in total. The Morgan fingerprint density at radius 2 is 2.14 bits per heavy atom. The van der Waals surface area contributed by atoms with Crippen LogP contribution in [0.25, 0.3) is 6.08 Å². The molecule has 1 amide bonds. The first-order chi connectivity index (χ1) is 10.6. The summed E-state index contributed by atoms with van der Waals surface area (Å²) >= 11 is 1.55. The van der Waals surface area contributed by atoms with Crippen molar-refractivity contribution in [3.05, 3.63) is 39.2 Å². The summed E-state index contributed by atoms with van der Waals surface area (Å²) in [6.45, 7) is 1.84. The van der Waals surface area contributed by atoms with Crippen LogP contribution in [0.1, 0.15) is 37.5 Å². The molecule has 1 saturated carbocycles. The fourth-order valence-electron chi connectivity index (χ4n) is 3.32. The van der Waals surface area contributed by atoms with Crippen molar-refractivity contribution in [2.45, 2.75) is 38.6 Å². The van der Waals surface area contributed by atoms with Crippen LogP contribution in [0.3, 0.4) is 0 Å².